The van der Waals surface area contributed by atoms with Crippen molar-refractivity contribution < 1.29 is 0 Å². The number of nitrogens with zero attached hydrogens (tertiary/aromatic N) is 4. The van der Waals surface area contributed by atoms with Crippen LogP contribution in [0.25, 0.3) is 0 Å². The molecule has 0 radical (unpaired) electrons. The first kappa shape index (κ1) is 13.8. The van der Waals surface area contributed by atoms with Crippen LogP contribution in [0.5, 0.6) is 0 Å². The molecule has 5 nitrogen and oxygen atoms in total. The summed E-state index contributed by atoms with van der Waals surface area (Å²) in [7, 11) is 0. The van der Waals surface area contributed by atoms with Gasteiger partial charge in [0.1, 0.15) is 10.8 Å². The Labute approximate surface area is 127 Å². The first-order chi connectivity index (χ1) is 10.3. The Hall–Kier alpha value is -2.21. The molecule has 0 aliphatic heterocycles. The molecule has 3 heterocycles. The van der Waals surface area contributed by atoms with Gasteiger partial charge in [0.05, 0.1) is 6.54 Å². The highest BCUT2D eigenvalue weighted by atomic mass is 32.1. The molecule has 3 rings (SSSR count). The number of nitrogens with one attached hydrogen (secondary N) is 1. The average Bonchev–Trinajstić information content (AvgIpc) is 3.13. The average molecular weight is 299 g/mol. The molecule has 0 aliphatic rings. The van der Waals surface area contributed by atoms with Gasteiger partial charge in [-0.25, -0.2) is 4.98 Å². The monoisotopic (exact) mass is 299 g/mol. The molecule has 6 heteroatoms. The van der Waals surface area contributed by atoms with Gasteiger partial charge >= 0.3 is 0 Å². The van der Waals surface area contributed by atoms with E-state index in [0.717, 1.165) is 36.0 Å². The zero-order valence-electron chi connectivity index (χ0n) is 11.9. The van der Waals surface area contributed by atoms with Crippen molar-refractivity contribution in [1.82, 2.24) is 19.7 Å². The normalized spacial score (nSPS) is 10.7. The lowest BCUT2D eigenvalue weighted by Crippen LogP contribution is -2.04. The van der Waals surface area contributed by atoms with Crippen molar-refractivity contribution >= 4 is 17.2 Å². The molecule has 0 aromatic carbocycles. The lowest BCUT2D eigenvalue weighted by molar-refractivity contribution is 0.616. The van der Waals surface area contributed by atoms with E-state index < -0.39 is 0 Å². The van der Waals surface area contributed by atoms with Gasteiger partial charge in [-0.3, -0.25) is 9.67 Å². The van der Waals surface area contributed by atoms with Gasteiger partial charge in [0, 0.05) is 42.3 Å². The van der Waals surface area contributed by atoms with Crippen LogP contribution in [0.4, 0.5) is 5.82 Å². The van der Waals surface area contributed by atoms with E-state index in [2.05, 4.69) is 25.8 Å². The number of aromatic nitrogens is 4. The summed E-state index contributed by atoms with van der Waals surface area (Å²) in [6.45, 7) is 3.59. The number of thiazole rings is 1. The Morgan fingerprint density at radius 2 is 2.10 bits per heavy atom. The Kier molecular flexibility index (Phi) is 4.25. The third kappa shape index (κ3) is 3.88. The van der Waals surface area contributed by atoms with Crippen molar-refractivity contribution in [2.75, 3.05) is 5.32 Å². The van der Waals surface area contributed by atoms with Crippen LogP contribution in [0.15, 0.2) is 42.2 Å². The van der Waals surface area contributed by atoms with Gasteiger partial charge in [-0.1, -0.05) is 0 Å². The van der Waals surface area contributed by atoms with Gasteiger partial charge < -0.3 is 5.32 Å². The standard InChI is InChI=1S/C15H17N5S/c1-12-11-21-15(18-12)10-17-14-5-9-20(19-14)8-4-13-2-6-16-7-3-13/h2-3,5-7,9,11H,4,8,10H2,1H3,(H,17,19). The number of anilines is 1. The minimum Gasteiger partial charge on any atom is -0.362 e. The predicted molar refractivity (Wildman–Crippen MR) is 84.3 cm³/mol. The molecule has 0 fully saturated rings. The maximum Gasteiger partial charge on any atom is 0.148 e. The van der Waals surface area contributed by atoms with Crippen molar-refractivity contribution in [2.24, 2.45) is 0 Å². The predicted octanol–water partition coefficient (Wildman–Crippen LogP) is 2.90. The smallest absolute Gasteiger partial charge is 0.148 e. The third-order valence-electron chi connectivity index (χ3n) is 3.11. The highest BCUT2D eigenvalue weighted by molar-refractivity contribution is 7.09. The van der Waals surface area contributed by atoms with Gasteiger partial charge in [0.2, 0.25) is 0 Å². The molecule has 3 aromatic heterocycles. The molecule has 0 spiro atoms. The van der Waals surface area contributed by atoms with Crippen LogP contribution in [-0.2, 0) is 19.5 Å². The highest BCUT2D eigenvalue weighted by Gasteiger charge is 2.02. The minimum absolute atomic E-state index is 0.722. The van der Waals surface area contributed by atoms with Crippen LogP contribution >= 0.6 is 11.3 Å². The molecule has 0 atom stereocenters. The second-order valence-corrected chi connectivity index (χ2v) is 5.75. The van der Waals surface area contributed by atoms with Crippen LogP contribution in [0.3, 0.4) is 0 Å². The fourth-order valence-electron chi connectivity index (χ4n) is 2.02. The second kappa shape index (κ2) is 6.49. The summed E-state index contributed by atoms with van der Waals surface area (Å²) >= 11 is 1.67. The van der Waals surface area contributed by atoms with Crippen molar-refractivity contribution in [3.8, 4) is 0 Å². The molecule has 0 amide bonds. The third-order valence-corrected chi connectivity index (χ3v) is 4.07. The molecule has 3 aromatic rings. The lowest BCUT2D eigenvalue weighted by Gasteiger charge is -2.02. The summed E-state index contributed by atoms with van der Waals surface area (Å²) < 4.78 is 1.95. The maximum atomic E-state index is 4.51. The molecule has 21 heavy (non-hydrogen) atoms. The summed E-state index contributed by atoms with van der Waals surface area (Å²) in [5, 5.41) is 11.0. The van der Waals surface area contributed by atoms with E-state index in [1.165, 1.54) is 5.56 Å². The lowest BCUT2D eigenvalue weighted by atomic mass is 10.2. The Morgan fingerprint density at radius 3 is 2.86 bits per heavy atom. The van der Waals surface area contributed by atoms with E-state index >= 15 is 0 Å². The van der Waals surface area contributed by atoms with E-state index in [1.54, 1.807) is 11.3 Å². The summed E-state index contributed by atoms with van der Waals surface area (Å²) in [5.41, 5.74) is 2.34. The van der Waals surface area contributed by atoms with Crippen LogP contribution in [0, 0.1) is 6.92 Å². The highest BCUT2D eigenvalue weighted by Crippen LogP contribution is 2.11. The maximum absolute atomic E-state index is 4.51. The molecule has 0 unspecified atom stereocenters. The van der Waals surface area contributed by atoms with E-state index in [0.29, 0.717) is 0 Å². The van der Waals surface area contributed by atoms with Crippen molar-refractivity contribution in [2.45, 2.75) is 26.4 Å². The zero-order chi connectivity index (χ0) is 14.5. The van der Waals surface area contributed by atoms with Gasteiger partial charge in [-0.05, 0) is 31.0 Å². The van der Waals surface area contributed by atoms with Gasteiger partial charge in [-0.15, -0.1) is 11.3 Å². The fourth-order valence-corrected chi connectivity index (χ4v) is 2.74. The topological polar surface area (TPSA) is 55.6 Å². The molecule has 0 saturated carbocycles. The number of hydrogen-bond acceptors (Lipinski definition) is 5. The largest absolute Gasteiger partial charge is 0.362 e. The SMILES string of the molecule is Cc1csc(CNc2ccn(CCc3ccncc3)n2)n1. The second-order valence-electron chi connectivity index (χ2n) is 4.81. The first-order valence-corrected chi connectivity index (χ1v) is 7.75. The van der Waals surface area contributed by atoms with Crippen LogP contribution in [0.1, 0.15) is 16.3 Å². The van der Waals surface area contributed by atoms with Crippen LogP contribution in [0.2, 0.25) is 0 Å². The Morgan fingerprint density at radius 1 is 1.24 bits per heavy atom. The zero-order valence-corrected chi connectivity index (χ0v) is 12.7. The molecule has 1 N–H and O–H groups in total. The summed E-state index contributed by atoms with van der Waals surface area (Å²) in [6, 6.07) is 6.06. The van der Waals surface area contributed by atoms with E-state index in [-0.39, 0.29) is 0 Å². The van der Waals surface area contributed by atoms with Gasteiger partial charge in [0.15, 0.2) is 0 Å². The van der Waals surface area contributed by atoms with Crippen molar-refractivity contribution in [3.05, 3.63) is 58.4 Å². The van der Waals surface area contributed by atoms with Crippen molar-refractivity contribution in [3.63, 3.8) is 0 Å². The molecule has 0 aliphatic carbocycles. The summed E-state index contributed by atoms with van der Waals surface area (Å²) in [6.07, 6.45) is 6.59. The minimum atomic E-state index is 0.722. The molecular formula is C15H17N5S. The molecule has 0 saturated heterocycles. The van der Waals surface area contributed by atoms with E-state index in [9.17, 15) is 0 Å². The van der Waals surface area contributed by atoms with Crippen LogP contribution in [-0.4, -0.2) is 19.7 Å². The number of pyridine rings is 1. The van der Waals surface area contributed by atoms with Gasteiger partial charge in [-0.2, -0.15) is 5.10 Å². The fraction of sp³-hybridized carbons (Fsp3) is 0.267. The van der Waals surface area contributed by atoms with Crippen molar-refractivity contribution in [1.29, 1.82) is 0 Å². The number of hydrogen-bond donors (Lipinski definition) is 1. The first-order valence-electron chi connectivity index (χ1n) is 6.87. The Bertz CT molecular complexity index is 689. The van der Waals surface area contributed by atoms with E-state index in [1.807, 2.05) is 48.4 Å². The molecule has 0 bridgehead atoms. The van der Waals surface area contributed by atoms with Crippen LogP contribution < -0.4 is 5.32 Å². The van der Waals surface area contributed by atoms with Gasteiger partial charge in [0.25, 0.3) is 0 Å². The number of aryl methyl sites for hydroxylation is 3. The quantitative estimate of drug-likeness (QED) is 0.760. The number of rotatable bonds is 6. The Balaban J connectivity index is 1.51. The van der Waals surface area contributed by atoms with E-state index in [4.69, 9.17) is 0 Å². The molecule has 108 valence electrons. The summed E-state index contributed by atoms with van der Waals surface area (Å²) in [5.74, 6) is 0.887. The molecular weight excluding hydrogens is 282 g/mol. The summed E-state index contributed by atoms with van der Waals surface area (Å²) in [4.78, 5) is 8.45.